The van der Waals surface area contributed by atoms with Gasteiger partial charge in [-0.3, -0.25) is 9.69 Å². The van der Waals surface area contributed by atoms with Gasteiger partial charge in [-0.1, -0.05) is 30.7 Å². The summed E-state index contributed by atoms with van der Waals surface area (Å²) < 4.78 is 5.50. The van der Waals surface area contributed by atoms with Crippen LogP contribution in [0.25, 0.3) is 0 Å². The number of carbonyl (C=O) groups excluding carboxylic acids is 1. The van der Waals surface area contributed by atoms with Gasteiger partial charge in [-0.05, 0) is 68.2 Å². The molecule has 2 aromatic rings. The summed E-state index contributed by atoms with van der Waals surface area (Å²) in [5.41, 5.74) is 3.01. The Morgan fingerprint density at radius 2 is 1.81 bits per heavy atom. The van der Waals surface area contributed by atoms with Crippen LogP contribution in [0.4, 0.5) is 0 Å². The molecule has 1 heterocycles. The van der Waals surface area contributed by atoms with Crippen LogP contribution >= 0.6 is 0 Å². The molecular weight excluding hydrogens is 324 g/mol. The molecule has 0 aliphatic carbocycles. The van der Waals surface area contributed by atoms with E-state index in [0.29, 0.717) is 18.7 Å². The Morgan fingerprint density at radius 3 is 2.54 bits per heavy atom. The lowest BCUT2D eigenvalue weighted by Gasteiger charge is -2.26. The van der Waals surface area contributed by atoms with E-state index < -0.39 is 0 Å². The first-order valence-corrected chi connectivity index (χ1v) is 9.56. The molecule has 1 amide bonds. The van der Waals surface area contributed by atoms with E-state index in [1.165, 1.54) is 37.9 Å². The molecule has 0 radical (unpaired) electrons. The van der Waals surface area contributed by atoms with Crippen LogP contribution in [0.2, 0.25) is 0 Å². The molecule has 0 atom stereocenters. The summed E-state index contributed by atoms with van der Waals surface area (Å²) in [5, 5.41) is 2.98. The van der Waals surface area contributed by atoms with Crippen LogP contribution in [0.15, 0.2) is 48.5 Å². The summed E-state index contributed by atoms with van der Waals surface area (Å²) >= 11 is 0. The van der Waals surface area contributed by atoms with Gasteiger partial charge in [-0.25, -0.2) is 0 Å². The summed E-state index contributed by atoms with van der Waals surface area (Å²) in [6.07, 6.45) is 3.94. The fourth-order valence-corrected chi connectivity index (χ4v) is 3.33. The maximum absolute atomic E-state index is 12.4. The van der Waals surface area contributed by atoms with Crippen molar-refractivity contribution in [3.63, 3.8) is 0 Å². The van der Waals surface area contributed by atoms with Gasteiger partial charge in [0.2, 0.25) is 0 Å². The van der Waals surface area contributed by atoms with Crippen LogP contribution in [0, 0.1) is 0 Å². The number of rotatable bonds is 7. The highest BCUT2D eigenvalue weighted by Crippen LogP contribution is 2.15. The fourth-order valence-electron chi connectivity index (χ4n) is 3.33. The second kappa shape index (κ2) is 9.39. The normalized spacial score (nSPS) is 14.8. The highest BCUT2D eigenvalue weighted by molar-refractivity contribution is 5.94. The van der Waals surface area contributed by atoms with Gasteiger partial charge in [0.25, 0.3) is 5.91 Å². The zero-order valence-corrected chi connectivity index (χ0v) is 15.5. The van der Waals surface area contributed by atoms with E-state index in [0.717, 1.165) is 17.9 Å². The lowest BCUT2D eigenvalue weighted by atomic mass is 10.1. The van der Waals surface area contributed by atoms with Crippen LogP contribution in [0.5, 0.6) is 5.75 Å². The maximum Gasteiger partial charge on any atom is 0.251 e. The summed E-state index contributed by atoms with van der Waals surface area (Å²) in [6.45, 7) is 6.44. The molecule has 0 aromatic heterocycles. The summed E-state index contributed by atoms with van der Waals surface area (Å²) in [4.78, 5) is 14.9. The Bertz CT molecular complexity index is 706. The van der Waals surface area contributed by atoms with Crippen LogP contribution in [-0.4, -0.2) is 30.5 Å². The fraction of sp³-hybridized carbons (Fsp3) is 0.409. The molecule has 0 spiro atoms. The average molecular weight is 352 g/mol. The molecule has 138 valence electrons. The standard InChI is InChI=1S/C22H28N2O2/c1-2-26-21-8-6-7-19(15-21)16-23-22(25)20-11-9-18(10-12-20)17-24-13-4-3-5-14-24/h6-12,15H,2-5,13-14,16-17H2,1H3,(H,23,25). The molecule has 1 saturated heterocycles. The van der Waals surface area contributed by atoms with Crippen molar-refractivity contribution < 1.29 is 9.53 Å². The largest absolute Gasteiger partial charge is 0.494 e. The third-order valence-electron chi connectivity index (χ3n) is 4.73. The first-order chi connectivity index (χ1) is 12.7. The van der Waals surface area contributed by atoms with Crippen molar-refractivity contribution in [3.05, 3.63) is 65.2 Å². The molecule has 4 heteroatoms. The van der Waals surface area contributed by atoms with E-state index in [9.17, 15) is 4.79 Å². The Labute approximate surface area is 156 Å². The van der Waals surface area contributed by atoms with E-state index in [1.54, 1.807) is 0 Å². The summed E-state index contributed by atoms with van der Waals surface area (Å²) in [7, 11) is 0. The van der Waals surface area contributed by atoms with Crippen molar-refractivity contribution in [1.29, 1.82) is 0 Å². The zero-order valence-electron chi connectivity index (χ0n) is 15.5. The van der Waals surface area contributed by atoms with Gasteiger partial charge < -0.3 is 10.1 Å². The van der Waals surface area contributed by atoms with Crippen molar-refractivity contribution in [3.8, 4) is 5.75 Å². The number of hydrogen-bond donors (Lipinski definition) is 1. The molecule has 2 aromatic carbocycles. The van der Waals surface area contributed by atoms with Gasteiger partial charge >= 0.3 is 0 Å². The topological polar surface area (TPSA) is 41.6 Å². The maximum atomic E-state index is 12.4. The van der Waals surface area contributed by atoms with E-state index in [-0.39, 0.29) is 5.91 Å². The number of benzene rings is 2. The predicted octanol–water partition coefficient (Wildman–Crippen LogP) is 4.00. The van der Waals surface area contributed by atoms with Crippen LogP contribution in [-0.2, 0) is 13.1 Å². The lowest BCUT2D eigenvalue weighted by molar-refractivity contribution is 0.0951. The predicted molar refractivity (Wildman–Crippen MR) is 104 cm³/mol. The van der Waals surface area contributed by atoms with E-state index >= 15 is 0 Å². The highest BCUT2D eigenvalue weighted by atomic mass is 16.5. The molecule has 0 bridgehead atoms. The Morgan fingerprint density at radius 1 is 1.04 bits per heavy atom. The lowest BCUT2D eigenvalue weighted by Crippen LogP contribution is -2.29. The number of nitrogens with zero attached hydrogens (tertiary/aromatic N) is 1. The molecule has 4 nitrogen and oxygen atoms in total. The SMILES string of the molecule is CCOc1cccc(CNC(=O)c2ccc(CN3CCCCC3)cc2)c1. The van der Waals surface area contributed by atoms with Gasteiger partial charge in [0.05, 0.1) is 6.61 Å². The highest BCUT2D eigenvalue weighted by Gasteiger charge is 2.11. The van der Waals surface area contributed by atoms with Crippen LogP contribution < -0.4 is 10.1 Å². The van der Waals surface area contributed by atoms with E-state index in [1.807, 2.05) is 43.3 Å². The summed E-state index contributed by atoms with van der Waals surface area (Å²) in [6, 6.07) is 15.8. The van der Waals surface area contributed by atoms with Gasteiger partial charge in [0.15, 0.2) is 0 Å². The number of amides is 1. The molecule has 26 heavy (non-hydrogen) atoms. The number of ether oxygens (including phenoxy) is 1. The quantitative estimate of drug-likeness (QED) is 0.819. The molecule has 1 N–H and O–H groups in total. The minimum Gasteiger partial charge on any atom is -0.494 e. The van der Waals surface area contributed by atoms with Crippen LogP contribution in [0.1, 0.15) is 47.7 Å². The van der Waals surface area contributed by atoms with Gasteiger partial charge in [0, 0.05) is 18.7 Å². The third kappa shape index (κ3) is 5.33. The molecule has 1 fully saturated rings. The van der Waals surface area contributed by atoms with Gasteiger partial charge in [0.1, 0.15) is 5.75 Å². The monoisotopic (exact) mass is 352 g/mol. The smallest absolute Gasteiger partial charge is 0.251 e. The van der Waals surface area contributed by atoms with Crippen molar-refractivity contribution in [2.45, 2.75) is 39.3 Å². The number of nitrogens with one attached hydrogen (secondary N) is 1. The molecule has 1 aliphatic heterocycles. The second-order valence-corrected chi connectivity index (χ2v) is 6.80. The molecule has 1 aliphatic rings. The van der Waals surface area contributed by atoms with Crippen molar-refractivity contribution in [1.82, 2.24) is 10.2 Å². The van der Waals surface area contributed by atoms with Crippen molar-refractivity contribution in [2.24, 2.45) is 0 Å². The minimum absolute atomic E-state index is 0.0451. The van der Waals surface area contributed by atoms with Crippen LogP contribution in [0.3, 0.4) is 0 Å². The molecule has 0 unspecified atom stereocenters. The first kappa shape index (κ1) is 18.5. The number of hydrogen-bond acceptors (Lipinski definition) is 3. The molecule has 3 rings (SSSR count). The van der Waals surface area contributed by atoms with E-state index in [2.05, 4.69) is 22.3 Å². The Hall–Kier alpha value is -2.33. The minimum atomic E-state index is -0.0451. The van der Waals surface area contributed by atoms with Crippen molar-refractivity contribution in [2.75, 3.05) is 19.7 Å². The number of piperidine rings is 1. The average Bonchev–Trinajstić information content (AvgIpc) is 2.68. The molecular formula is C22H28N2O2. The first-order valence-electron chi connectivity index (χ1n) is 9.56. The third-order valence-corrected chi connectivity index (χ3v) is 4.73. The number of likely N-dealkylation sites (tertiary alicyclic amines) is 1. The van der Waals surface area contributed by atoms with E-state index in [4.69, 9.17) is 4.74 Å². The number of carbonyl (C=O) groups is 1. The second-order valence-electron chi connectivity index (χ2n) is 6.80. The van der Waals surface area contributed by atoms with Crippen molar-refractivity contribution >= 4 is 5.91 Å². The summed E-state index contributed by atoms with van der Waals surface area (Å²) in [5.74, 6) is 0.789. The zero-order chi connectivity index (χ0) is 18.2. The van der Waals surface area contributed by atoms with Gasteiger partial charge in [-0.15, -0.1) is 0 Å². The molecule has 0 saturated carbocycles. The Balaban J connectivity index is 1.52. The van der Waals surface area contributed by atoms with Gasteiger partial charge in [-0.2, -0.15) is 0 Å². The Kier molecular flexibility index (Phi) is 6.67.